The van der Waals surface area contributed by atoms with Crippen molar-refractivity contribution in [2.24, 2.45) is 0 Å². The number of carbonyl (C=O) groups is 4. The number of hydrogen-bond donors (Lipinski definition) is 4. The van der Waals surface area contributed by atoms with Crippen molar-refractivity contribution < 1.29 is 38.1 Å². The SMILES string of the molecule is CCC(=O)NCCOCCOCC(=O)NCCOCCOCC(=O)NCCNC(=O)CBr. The minimum atomic E-state index is -0.279. The summed E-state index contributed by atoms with van der Waals surface area (Å²) in [6, 6.07) is 0. The van der Waals surface area contributed by atoms with Crippen molar-refractivity contribution in [2.45, 2.75) is 13.3 Å². The van der Waals surface area contributed by atoms with E-state index in [2.05, 4.69) is 37.2 Å². The highest BCUT2D eigenvalue weighted by Gasteiger charge is 2.03. The second-order valence-electron chi connectivity index (χ2n) is 6.22. The largest absolute Gasteiger partial charge is 0.377 e. The third-order valence-electron chi connectivity index (χ3n) is 3.56. The van der Waals surface area contributed by atoms with Gasteiger partial charge < -0.3 is 40.2 Å². The summed E-state index contributed by atoms with van der Waals surface area (Å²) in [7, 11) is 0. The molecular weight excluding hydrogens is 492 g/mol. The quantitative estimate of drug-likeness (QED) is 0.102. The van der Waals surface area contributed by atoms with E-state index in [1.165, 1.54) is 0 Å². The van der Waals surface area contributed by atoms with Crippen LogP contribution in [0, 0.1) is 0 Å². The molecule has 0 fully saturated rings. The van der Waals surface area contributed by atoms with Gasteiger partial charge in [-0.25, -0.2) is 0 Å². The van der Waals surface area contributed by atoms with Gasteiger partial charge in [-0.15, -0.1) is 0 Å². The van der Waals surface area contributed by atoms with E-state index in [0.29, 0.717) is 52.4 Å². The Balaban J connectivity index is 3.33. The molecule has 13 heteroatoms. The summed E-state index contributed by atoms with van der Waals surface area (Å²) in [5, 5.41) is 10.8. The van der Waals surface area contributed by atoms with E-state index in [-0.39, 0.29) is 62.0 Å². The first-order valence-electron chi connectivity index (χ1n) is 10.4. The molecule has 0 heterocycles. The summed E-state index contributed by atoms with van der Waals surface area (Å²) in [5.41, 5.74) is 0. The van der Waals surface area contributed by atoms with Crippen molar-refractivity contribution in [1.29, 1.82) is 0 Å². The van der Waals surface area contributed by atoms with Crippen LogP contribution in [0.2, 0.25) is 0 Å². The second-order valence-corrected chi connectivity index (χ2v) is 6.78. The van der Waals surface area contributed by atoms with Crippen LogP contribution in [-0.2, 0) is 38.1 Å². The predicted molar refractivity (Wildman–Crippen MR) is 119 cm³/mol. The average Bonchev–Trinajstić information content (AvgIpc) is 2.79. The van der Waals surface area contributed by atoms with E-state index < -0.39 is 0 Å². The molecule has 4 N–H and O–H groups in total. The molecule has 32 heavy (non-hydrogen) atoms. The van der Waals surface area contributed by atoms with Crippen LogP contribution in [-0.4, -0.2) is 108 Å². The monoisotopic (exact) mass is 526 g/mol. The summed E-state index contributed by atoms with van der Waals surface area (Å²) in [5.74, 6) is -0.706. The Morgan fingerprint density at radius 1 is 0.562 bits per heavy atom. The van der Waals surface area contributed by atoms with Gasteiger partial charge >= 0.3 is 0 Å². The Bertz CT molecular complexity index is 539. The summed E-state index contributed by atoms with van der Waals surface area (Å²) < 4.78 is 20.9. The number of carbonyl (C=O) groups excluding carboxylic acids is 4. The fourth-order valence-corrected chi connectivity index (χ4v) is 2.17. The number of ether oxygens (including phenoxy) is 4. The van der Waals surface area contributed by atoms with Gasteiger partial charge in [0.2, 0.25) is 23.6 Å². The zero-order valence-corrected chi connectivity index (χ0v) is 20.1. The molecule has 0 unspecified atom stereocenters. The molecule has 0 aromatic rings. The molecule has 0 aromatic carbocycles. The Morgan fingerprint density at radius 2 is 0.969 bits per heavy atom. The molecule has 0 saturated carbocycles. The highest BCUT2D eigenvalue weighted by atomic mass is 79.9. The maximum atomic E-state index is 11.6. The highest BCUT2D eigenvalue weighted by Crippen LogP contribution is 1.82. The number of rotatable bonds is 21. The van der Waals surface area contributed by atoms with Crippen LogP contribution in [0.15, 0.2) is 0 Å². The minimum absolute atomic E-state index is 0.0221. The smallest absolute Gasteiger partial charge is 0.246 e. The molecule has 0 aliphatic heterocycles. The summed E-state index contributed by atoms with van der Waals surface area (Å²) in [6.45, 7) is 4.91. The first kappa shape index (κ1) is 30.2. The molecular formula is C19H35BrN4O8. The zero-order chi connectivity index (χ0) is 23.9. The molecule has 0 bridgehead atoms. The van der Waals surface area contributed by atoms with Crippen molar-refractivity contribution in [3.05, 3.63) is 0 Å². The van der Waals surface area contributed by atoms with Crippen molar-refractivity contribution in [2.75, 3.05) is 84.4 Å². The minimum Gasteiger partial charge on any atom is -0.377 e. The number of amides is 4. The van der Waals surface area contributed by atoms with Gasteiger partial charge in [0.15, 0.2) is 0 Å². The fraction of sp³-hybridized carbons (Fsp3) is 0.789. The lowest BCUT2D eigenvalue weighted by Crippen LogP contribution is -2.36. The third-order valence-corrected chi connectivity index (χ3v) is 4.07. The lowest BCUT2D eigenvalue weighted by molar-refractivity contribution is -0.127. The number of alkyl halides is 1. The van der Waals surface area contributed by atoms with Gasteiger partial charge in [-0.3, -0.25) is 19.2 Å². The highest BCUT2D eigenvalue weighted by molar-refractivity contribution is 9.09. The van der Waals surface area contributed by atoms with Crippen LogP contribution in [0.3, 0.4) is 0 Å². The van der Waals surface area contributed by atoms with E-state index in [4.69, 9.17) is 18.9 Å². The van der Waals surface area contributed by atoms with Gasteiger partial charge in [-0.2, -0.15) is 0 Å². The fourth-order valence-electron chi connectivity index (χ4n) is 1.97. The van der Waals surface area contributed by atoms with Crippen molar-refractivity contribution >= 4 is 39.6 Å². The molecule has 186 valence electrons. The van der Waals surface area contributed by atoms with Crippen molar-refractivity contribution in [3.8, 4) is 0 Å². The van der Waals surface area contributed by atoms with Crippen molar-refractivity contribution in [3.63, 3.8) is 0 Å². The molecule has 4 amide bonds. The number of halogens is 1. The van der Waals surface area contributed by atoms with Gasteiger partial charge in [0.1, 0.15) is 13.2 Å². The first-order valence-corrected chi connectivity index (χ1v) is 11.6. The van der Waals surface area contributed by atoms with Gasteiger partial charge in [0.05, 0.1) is 45.0 Å². The molecule has 0 spiro atoms. The van der Waals surface area contributed by atoms with Crippen LogP contribution in [0.4, 0.5) is 0 Å². The molecule has 0 aromatic heterocycles. The van der Waals surface area contributed by atoms with E-state index >= 15 is 0 Å². The normalized spacial score (nSPS) is 10.4. The van der Waals surface area contributed by atoms with Crippen LogP contribution < -0.4 is 21.3 Å². The van der Waals surface area contributed by atoms with Crippen LogP contribution >= 0.6 is 15.9 Å². The third kappa shape index (κ3) is 21.4. The standard InChI is InChI=1S/C19H35BrN4O8/c1-2-16(25)23-5-7-29-9-12-32-15-19(28)24-6-8-30-10-11-31-14-18(27)22-4-3-21-17(26)13-20/h2-15H2,1H3,(H,21,26)(H,22,27)(H,23,25)(H,24,28). The summed E-state index contributed by atoms with van der Waals surface area (Å²) in [4.78, 5) is 45.1. The van der Waals surface area contributed by atoms with Gasteiger partial charge in [-0.05, 0) is 0 Å². The zero-order valence-electron chi connectivity index (χ0n) is 18.5. The lowest BCUT2D eigenvalue weighted by Gasteiger charge is -2.09. The number of hydrogen-bond acceptors (Lipinski definition) is 8. The van der Waals surface area contributed by atoms with Crippen LogP contribution in [0.5, 0.6) is 0 Å². The molecule has 0 saturated heterocycles. The number of nitrogens with one attached hydrogen (secondary N) is 4. The molecule has 0 rings (SSSR count). The van der Waals surface area contributed by atoms with Gasteiger partial charge in [-0.1, -0.05) is 22.9 Å². The van der Waals surface area contributed by atoms with Gasteiger partial charge in [0, 0.05) is 32.6 Å². The lowest BCUT2D eigenvalue weighted by atomic mass is 10.4. The molecule has 0 aliphatic carbocycles. The maximum Gasteiger partial charge on any atom is 0.246 e. The molecule has 12 nitrogen and oxygen atoms in total. The van der Waals surface area contributed by atoms with E-state index in [0.717, 1.165) is 0 Å². The van der Waals surface area contributed by atoms with Crippen molar-refractivity contribution in [1.82, 2.24) is 21.3 Å². The molecule has 0 atom stereocenters. The summed E-state index contributed by atoms with van der Waals surface area (Å²) >= 11 is 3.02. The molecule has 0 radical (unpaired) electrons. The average molecular weight is 527 g/mol. The maximum absolute atomic E-state index is 11.6. The van der Waals surface area contributed by atoms with E-state index in [1.54, 1.807) is 6.92 Å². The Kier molecular flexibility index (Phi) is 21.1. The van der Waals surface area contributed by atoms with Gasteiger partial charge in [0.25, 0.3) is 0 Å². The van der Waals surface area contributed by atoms with Crippen LogP contribution in [0.1, 0.15) is 13.3 Å². The summed E-state index contributed by atoms with van der Waals surface area (Å²) in [6.07, 6.45) is 0.442. The second kappa shape index (κ2) is 22.4. The Hall–Kier alpha value is -1.80. The predicted octanol–water partition coefficient (Wildman–Crippen LogP) is -1.68. The first-order chi connectivity index (χ1) is 15.5. The van der Waals surface area contributed by atoms with E-state index in [1.807, 2.05) is 0 Å². The Labute approximate surface area is 196 Å². The Morgan fingerprint density at radius 3 is 1.44 bits per heavy atom. The van der Waals surface area contributed by atoms with E-state index in [9.17, 15) is 19.2 Å². The topological polar surface area (TPSA) is 153 Å². The molecule has 0 aliphatic rings. The van der Waals surface area contributed by atoms with Crippen LogP contribution in [0.25, 0.3) is 0 Å².